The molecule has 0 aliphatic carbocycles. The Morgan fingerprint density at radius 3 is 2.69 bits per heavy atom. The molecule has 0 amide bonds. The molecule has 1 heterocycles. The molecule has 0 saturated carbocycles. The summed E-state index contributed by atoms with van der Waals surface area (Å²) in [5.41, 5.74) is 0.148. The van der Waals surface area contributed by atoms with Crippen molar-refractivity contribution in [2.45, 2.75) is 13.8 Å². The molecule has 1 aromatic rings. The zero-order valence-corrected chi connectivity index (χ0v) is 9.79. The Morgan fingerprint density at radius 1 is 1.69 bits per heavy atom. The monoisotopic (exact) mass is 193 g/mol. The molecule has 0 aliphatic heterocycles. The molecule has 5 nitrogen and oxygen atoms in total. The number of aryl methyl sites for hydroxylation is 1. The Hall–Kier alpha value is -0.520. The van der Waals surface area contributed by atoms with Crippen molar-refractivity contribution in [2.75, 3.05) is 6.61 Å². The number of nitrogens with zero attached hydrogens (tertiary/aromatic N) is 1. The predicted octanol–water partition coefficient (Wildman–Crippen LogP) is -2.76. The van der Waals surface area contributed by atoms with E-state index in [1.165, 1.54) is 6.92 Å². The van der Waals surface area contributed by atoms with Crippen LogP contribution in [0.2, 0.25) is 0 Å². The number of carbonyl (C=O) groups excluding carboxylic acids is 1. The predicted molar refractivity (Wildman–Crippen MR) is 36.6 cm³/mol. The van der Waals surface area contributed by atoms with E-state index in [4.69, 9.17) is 0 Å². The van der Waals surface area contributed by atoms with Crippen molar-refractivity contribution in [3.05, 3.63) is 11.3 Å². The van der Waals surface area contributed by atoms with Crippen LogP contribution in [0.4, 0.5) is 0 Å². The molecule has 0 unspecified atom stereocenters. The minimum atomic E-state index is -0.744. The molecule has 1 rings (SSSR count). The van der Waals surface area contributed by atoms with Crippen LogP contribution >= 0.6 is 0 Å². The van der Waals surface area contributed by atoms with E-state index in [1.54, 1.807) is 6.92 Å². The van der Waals surface area contributed by atoms with Crippen LogP contribution in [-0.2, 0) is 4.74 Å². The maximum atomic E-state index is 11.0. The van der Waals surface area contributed by atoms with Gasteiger partial charge in [0.15, 0.2) is 0 Å². The van der Waals surface area contributed by atoms with Crippen molar-refractivity contribution < 1.29 is 48.7 Å². The molecule has 0 bridgehead atoms. The maximum Gasteiger partial charge on any atom is 1.00 e. The summed E-state index contributed by atoms with van der Waals surface area (Å²) in [6, 6.07) is 0. The van der Waals surface area contributed by atoms with Gasteiger partial charge in [0.05, 0.1) is 18.2 Å². The van der Waals surface area contributed by atoms with Gasteiger partial charge in [-0.25, -0.2) is 4.79 Å². The number of aromatic nitrogens is 1. The van der Waals surface area contributed by atoms with Crippen molar-refractivity contribution in [3.8, 4) is 5.95 Å². The van der Waals surface area contributed by atoms with Gasteiger partial charge in [0, 0.05) is 0 Å². The summed E-state index contributed by atoms with van der Waals surface area (Å²) in [7, 11) is 0. The minimum Gasteiger partial charge on any atom is -0.543 e. The van der Waals surface area contributed by atoms with Gasteiger partial charge in [0.1, 0.15) is 5.56 Å². The minimum absolute atomic E-state index is 0. The number of ether oxygens (including phenoxy) is 1. The second kappa shape index (κ2) is 5.26. The molecule has 0 atom stereocenters. The molecule has 13 heavy (non-hydrogen) atoms. The molecule has 6 heteroatoms. The zero-order chi connectivity index (χ0) is 9.14. The van der Waals surface area contributed by atoms with Gasteiger partial charge in [-0.3, -0.25) is 0 Å². The van der Waals surface area contributed by atoms with Gasteiger partial charge in [-0.15, -0.1) is 0 Å². The van der Waals surface area contributed by atoms with Crippen LogP contribution in [0.25, 0.3) is 0 Å². The third-order valence-electron chi connectivity index (χ3n) is 1.31. The SMILES string of the molecule is CCOC(=O)c1c(C)noc1[O-].[Na+]. The van der Waals surface area contributed by atoms with Gasteiger partial charge in [0.25, 0.3) is 0 Å². The van der Waals surface area contributed by atoms with Crippen molar-refractivity contribution in [1.29, 1.82) is 0 Å². The number of esters is 1. The Kier molecular flexibility index (Phi) is 5.05. The molecular weight excluding hydrogens is 185 g/mol. The van der Waals surface area contributed by atoms with Crippen LogP contribution in [0, 0.1) is 6.92 Å². The quantitative estimate of drug-likeness (QED) is 0.375. The molecule has 0 fully saturated rings. The Balaban J connectivity index is 0.00000144. The average Bonchev–Trinajstić information content (AvgIpc) is 2.32. The first-order valence-electron chi connectivity index (χ1n) is 3.47. The van der Waals surface area contributed by atoms with Gasteiger partial charge < -0.3 is 14.4 Å². The second-order valence-electron chi connectivity index (χ2n) is 2.15. The fourth-order valence-corrected chi connectivity index (χ4v) is 0.783. The van der Waals surface area contributed by atoms with Crippen molar-refractivity contribution >= 4 is 5.97 Å². The van der Waals surface area contributed by atoms with E-state index in [0.717, 1.165) is 0 Å². The van der Waals surface area contributed by atoms with E-state index in [2.05, 4.69) is 14.4 Å². The summed E-state index contributed by atoms with van der Waals surface area (Å²) < 4.78 is 8.87. The van der Waals surface area contributed by atoms with Gasteiger partial charge in [-0.1, -0.05) is 0 Å². The smallest absolute Gasteiger partial charge is 0.543 e. The van der Waals surface area contributed by atoms with E-state index in [0.29, 0.717) is 0 Å². The van der Waals surface area contributed by atoms with Crippen LogP contribution < -0.4 is 34.7 Å². The Morgan fingerprint density at radius 2 is 2.31 bits per heavy atom. The summed E-state index contributed by atoms with van der Waals surface area (Å²) in [6.45, 7) is 3.39. The Labute approximate surface area is 97.3 Å². The number of hydrogen-bond donors (Lipinski definition) is 0. The number of carbonyl (C=O) groups is 1. The third-order valence-corrected chi connectivity index (χ3v) is 1.31. The largest absolute Gasteiger partial charge is 1.00 e. The van der Waals surface area contributed by atoms with Crippen LogP contribution in [0.1, 0.15) is 23.0 Å². The van der Waals surface area contributed by atoms with Gasteiger partial charge >= 0.3 is 35.5 Å². The molecule has 1 aromatic heterocycles. The summed E-state index contributed by atoms with van der Waals surface area (Å²) in [4.78, 5) is 11.0. The normalized spacial score (nSPS) is 9.08. The first kappa shape index (κ1) is 12.5. The summed E-state index contributed by atoms with van der Waals surface area (Å²) in [5.74, 6) is -1.42. The molecule has 0 aromatic carbocycles. The molecule has 0 radical (unpaired) electrons. The van der Waals surface area contributed by atoms with Gasteiger partial charge in [0.2, 0.25) is 0 Å². The fourth-order valence-electron chi connectivity index (χ4n) is 0.783. The first-order chi connectivity index (χ1) is 5.66. The number of rotatable bonds is 2. The van der Waals surface area contributed by atoms with Crippen LogP contribution in [0.5, 0.6) is 5.95 Å². The van der Waals surface area contributed by atoms with Crippen LogP contribution in [-0.4, -0.2) is 17.7 Å². The molecule has 0 saturated heterocycles. The van der Waals surface area contributed by atoms with Crippen LogP contribution in [0.3, 0.4) is 0 Å². The molecule has 0 N–H and O–H groups in total. The third kappa shape index (κ3) is 2.72. The van der Waals surface area contributed by atoms with Crippen molar-refractivity contribution in [3.63, 3.8) is 0 Å². The van der Waals surface area contributed by atoms with Gasteiger partial charge in [-0.2, -0.15) is 5.16 Å². The standard InChI is InChI=1S/C7H9NO4.Na/c1-3-11-6(9)5-4(2)8-12-7(5)10;/h10H,3H2,1-2H3;/q;+1/p-1. The molecule has 0 aliphatic rings. The number of hydrogen-bond acceptors (Lipinski definition) is 5. The van der Waals surface area contributed by atoms with Crippen molar-refractivity contribution in [2.24, 2.45) is 0 Å². The van der Waals surface area contributed by atoms with Gasteiger partial charge in [-0.05, 0) is 13.8 Å². The van der Waals surface area contributed by atoms with E-state index in [9.17, 15) is 9.90 Å². The van der Waals surface area contributed by atoms with E-state index in [1.807, 2.05) is 0 Å². The summed E-state index contributed by atoms with van der Waals surface area (Å²) >= 11 is 0. The molecule has 66 valence electrons. The molecular formula is C7H8NNaO4. The second-order valence-corrected chi connectivity index (χ2v) is 2.15. The Bertz CT molecular complexity index is 277. The summed E-state index contributed by atoms with van der Waals surface area (Å²) in [6.07, 6.45) is 0. The van der Waals surface area contributed by atoms with E-state index >= 15 is 0 Å². The average molecular weight is 193 g/mol. The zero-order valence-electron chi connectivity index (χ0n) is 7.79. The van der Waals surface area contributed by atoms with E-state index < -0.39 is 11.9 Å². The topological polar surface area (TPSA) is 75.4 Å². The fraction of sp³-hybridized carbons (Fsp3) is 0.429. The summed E-state index contributed by atoms with van der Waals surface area (Å²) in [5, 5.41) is 14.2. The maximum absolute atomic E-state index is 11.0. The first-order valence-corrected chi connectivity index (χ1v) is 3.47. The van der Waals surface area contributed by atoms with Crippen LogP contribution in [0.15, 0.2) is 4.52 Å². The van der Waals surface area contributed by atoms with Crippen molar-refractivity contribution in [1.82, 2.24) is 5.16 Å². The van der Waals surface area contributed by atoms with E-state index in [-0.39, 0.29) is 47.4 Å². The molecule has 0 spiro atoms.